The summed E-state index contributed by atoms with van der Waals surface area (Å²) >= 11 is 0. The van der Waals surface area contributed by atoms with Gasteiger partial charge >= 0.3 is 0 Å². The number of nitrogens with two attached hydrogens (primary N) is 1. The monoisotopic (exact) mass is 228 g/mol. The summed E-state index contributed by atoms with van der Waals surface area (Å²) in [7, 11) is 1.76. The van der Waals surface area contributed by atoms with E-state index in [0.29, 0.717) is 12.1 Å². The molecular formula is C12H18F2N2. The molecule has 2 nitrogen and oxygen atoms in total. The van der Waals surface area contributed by atoms with Gasteiger partial charge in [0.1, 0.15) is 11.6 Å². The first-order chi connectivity index (χ1) is 7.60. The van der Waals surface area contributed by atoms with Crippen LogP contribution in [0.5, 0.6) is 0 Å². The smallest absolute Gasteiger partial charge is 0.130 e. The molecule has 1 rings (SSSR count). The van der Waals surface area contributed by atoms with E-state index in [0.717, 1.165) is 12.5 Å². The molecule has 0 bridgehead atoms. The zero-order chi connectivity index (χ0) is 12.1. The van der Waals surface area contributed by atoms with Crippen molar-refractivity contribution < 1.29 is 8.78 Å². The van der Waals surface area contributed by atoms with Gasteiger partial charge in [-0.15, -0.1) is 0 Å². The van der Waals surface area contributed by atoms with Gasteiger partial charge in [0.2, 0.25) is 0 Å². The molecule has 4 heteroatoms. The maximum Gasteiger partial charge on any atom is 0.130 e. The second-order valence-corrected chi connectivity index (χ2v) is 3.99. The summed E-state index contributed by atoms with van der Waals surface area (Å²) in [6.45, 7) is 2.55. The summed E-state index contributed by atoms with van der Waals surface area (Å²) in [6.07, 6.45) is 0.794. The molecule has 0 aromatic heterocycles. The first-order valence-corrected chi connectivity index (χ1v) is 5.42. The number of rotatable bonds is 5. The van der Waals surface area contributed by atoms with Crippen molar-refractivity contribution >= 4 is 0 Å². The largest absolute Gasteiger partial charge is 0.330 e. The zero-order valence-electron chi connectivity index (χ0n) is 9.63. The van der Waals surface area contributed by atoms with Crippen LogP contribution in [0.2, 0.25) is 0 Å². The van der Waals surface area contributed by atoms with Gasteiger partial charge < -0.3 is 11.1 Å². The van der Waals surface area contributed by atoms with Crippen LogP contribution in [0.1, 0.15) is 24.9 Å². The second kappa shape index (κ2) is 5.92. The fourth-order valence-corrected chi connectivity index (χ4v) is 1.93. The summed E-state index contributed by atoms with van der Waals surface area (Å²) in [6, 6.07) is 3.54. The SMILES string of the molecule is CNC(c1ccc(F)cc1F)C(C)CCN. The van der Waals surface area contributed by atoms with Gasteiger partial charge in [0.25, 0.3) is 0 Å². The Hall–Kier alpha value is -1.00. The van der Waals surface area contributed by atoms with E-state index < -0.39 is 11.6 Å². The molecule has 1 aromatic carbocycles. The lowest BCUT2D eigenvalue weighted by atomic mass is 9.91. The van der Waals surface area contributed by atoms with Gasteiger partial charge in [-0.1, -0.05) is 13.0 Å². The van der Waals surface area contributed by atoms with E-state index in [1.807, 2.05) is 6.92 Å². The molecular weight excluding hydrogens is 210 g/mol. The van der Waals surface area contributed by atoms with E-state index in [9.17, 15) is 8.78 Å². The molecule has 0 radical (unpaired) electrons. The Kier molecular flexibility index (Phi) is 4.83. The summed E-state index contributed by atoms with van der Waals surface area (Å²) in [5.74, 6) is -0.860. The van der Waals surface area contributed by atoms with E-state index in [1.165, 1.54) is 12.1 Å². The third kappa shape index (κ3) is 3.00. The van der Waals surface area contributed by atoms with Crippen molar-refractivity contribution in [2.24, 2.45) is 11.7 Å². The van der Waals surface area contributed by atoms with E-state index in [2.05, 4.69) is 5.32 Å². The van der Waals surface area contributed by atoms with Crippen LogP contribution in [0, 0.1) is 17.6 Å². The molecule has 0 aliphatic heterocycles. The van der Waals surface area contributed by atoms with E-state index >= 15 is 0 Å². The Morgan fingerprint density at radius 2 is 2.06 bits per heavy atom. The number of hydrogen-bond donors (Lipinski definition) is 2. The highest BCUT2D eigenvalue weighted by Crippen LogP contribution is 2.26. The average molecular weight is 228 g/mol. The van der Waals surface area contributed by atoms with Gasteiger partial charge in [-0.3, -0.25) is 0 Å². The van der Waals surface area contributed by atoms with Crippen molar-refractivity contribution in [1.29, 1.82) is 0 Å². The normalized spacial score (nSPS) is 14.8. The lowest BCUT2D eigenvalue weighted by molar-refractivity contribution is 0.378. The predicted octanol–water partition coefficient (Wildman–Crippen LogP) is 2.21. The van der Waals surface area contributed by atoms with Crippen molar-refractivity contribution in [3.05, 3.63) is 35.4 Å². The lowest BCUT2D eigenvalue weighted by Crippen LogP contribution is -2.26. The molecule has 0 aliphatic carbocycles. The Bertz CT molecular complexity index is 342. The molecule has 2 unspecified atom stereocenters. The molecule has 1 aromatic rings. The van der Waals surface area contributed by atoms with Crippen molar-refractivity contribution in [3.63, 3.8) is 0 Å². The minimum absolute atomic E-state index is 0.135. The van der Waals surface area contributed by atoms with Crippen molar-refractivity contribution in [3.8, 4) is 0 Å². The number of nitrogens with one attached hydrogen (secondary N) is 1. The highest BCUT2D eigenvalue weighted by atomic mass is 19.1. The Balaban J connectivity index is 2.94. The molecule has 0 spiro atoms. The molecule has 0 saturated carbocycles. The first-order valence-electron chi connectivity index (χ1n) is 5.42. The summed E-state index contributed by atoms with van der Waals surface area (Å²) in [5.41, 5.74) is 5.97. The van der Waals surface area contributed by atoms with Gasteiger partial charge in [-0.05, 0) is 32.0 Å². The Morgan fingerprint density at radius 3 is 2.56 bits per heavy atom. The van der Waals surface area contributed by atoms with Gasteiger partial charge in [-0.25, -0.2) is 8.78 Å². The average Bonchev–Trinajstić information content (AvgIpc) is 2.22. The van der Waals surface area contributed by atoms with Crippen LogP contribution in [0.25, 0.3) is 0 Å². The molecule has 90 valence electrons. The van der Waals surface area contributed by atoms with Crippen LogP contribution >= 0.6 is 0 Å². The van der Waals surface area contributed by atoms with Gasteiger partial charge in [0, 0.05) is 17.7 Å². The number of hydrogen-bond acceptors (Lipinski definition) is 2. The molecule has 0 fully saturated rings. The molecule has 0 amide bonds. The highest BCUT2D eigenvalue weighted by molar-refractivity contribution is 5.22. The van der Waals surface area contributed by atoms with E-state index in [-0.39, 0.29) is 12.0 Å². The number of halogens is 2. The Morgan fingerprint density at radius 1 is 1.38 bits per heavy atom. The van der Waals surface area contributed by atoms with Gasteiger partial charge in [0.15, 0.2) is 0 Å². The van der Waals surface area contributed by atoms with Crippen LogP contribution in [-0.4, -0.2) is 13.6 Å². The fraction of sp³-hybridized carbons (Fsp3) is 0.500. The van der Waals surface area contributed by atoms with Crippen molar-refractivity contribution in [2.75, 3.05) is 13.6 Å². The van der Waals surface area contributed by atoms with Crippen molar-refractivity contribution in [2.45, 2.75) is 19.4 Å². The first kappa shape index (κ1) is 13.1. The van der Waals surface area contributed by atoms with E-state index in [4.69, 9.17) is 5.73 Å². The zero-order valence-corrected chi connectivity index (χ0v) is 9.63. The molecule has 16 heavy (non-hydrogen) atoms. The minimum Gasteiger partial charge on any atom is -0.330 e. The van der Waals surface area contributed by atoms with E-state index in [1.54, 1.807) is 7.05 Å². The summed E-state index contributed by atoms with van der Waals surface area (Å²) in [4.78, 5) is 0. The third-order valence-electron chi connectivity index (χ3n) is 2.80. The fourth-order valence-electron chi connectivity index (χ4n) is 1.93. The van der Waals surface area contributed by atoms with Crippen LogP contribution in [0.3, 0.4) is 0 Å². The van der Waals surface area contributed by atoms with Crippen molar-refractivity contribution in [1.82, 2.24) is 5.32 Å². The van der Waals surface area contributed by atoms with Crippen LogP contribution in [0.15, 0.2) is 18.2 Å². The minimum atomic E-state index is -0.553. The van der Waals surface area contributed by atoms with Crippen LogP contribution in [0.4, 0.5) is 8.78 Å². The topological polar surface area (TPSA) is 38.0 Å². The summed E-state index contributed by atoms with van der Waals surface area (Å²) < 4.78 is 26.4. The second-order valence-electron chi connectivity index (χ2n) is 3.99. The highest BCUT2D eigenvalue weighted by Gasteiger charge is 2.20. The quantitative estimate of drug-likeness (QED) is 0.811. The predicted molar refractivity (Wildman–Crippen MR) is 61.0 cm³/mol. The lowest BCUT2D eigenvalue weighted by Gasteiger charge is -2.24. The van der Waals surface area contributed by atoms with Crippen LogP contribution in [-0.2, 0) is 0 Å². The van der Waals surface area contributed by atoms with Gasteiger partial charge in [-0.2, -0.15) is 0 Å². The van der Waals surface area contributed by atoms with Gasteiger partial charge in [0.05, 0.1) is 0 Å². The molecule has 0 saturated heterocycles. The number of benzene rings is 1. The maximum absolute atomic E-state index is 13.6. The summed E-state index contributed by atoms with van der Waals surface area (Å²) in [5, 5.41) is 3.05. The molecule has 0 heterocycles. The van der Waals surface area contributed by atoms with Crippen LogP contribution < -0.4 is 11.1 Å². The maximum atomic E-state index is 13.6. The molecule has 2 atom stereocenters. The standard InChI is InChI=1S/C12H18F2N2/c1-8(5-6-15)12(16-2)10-4-3-9(13)7-11(10)14/h3-4,7-8,12,16H,5-6,15H2,1-2H3. The molecule has 3 N–H and O–H groups in total. The third-order valence-corrected chi connectivity index (χ3v) is 2.80. The Labute approximate surface area is 94.8 Å². The molecule has 0 aliphatic rings.